The highest BCUT2D eigenvalue weighted by atomic mass is 19.1. The SMILES string of the molecule is Nc1cc(F)c(NC2CCN3CCCC23)c2ncccc12. The molecule has 3 N–H and O–H groups in total. The van der Waals surface area contributed by atoms with Crippen molar-refractivity contribution in [2.45, 2.75) is 31.3 Å². The van der Waals surface area contributed by atoms with Gasteiger partial charge in [0.05, 0.1) is 11.2 Å². The fourth-order valence-corrected chi connectivity index (χ4v) is 3.81. The molecule has 1 aromatic carbocycles. The smallest absolute Gasteiger partial charge is 0.150 e. The lowest BCUT2D eigenvalue weighted by Crippen LogP contribution is -2.34. The van der Waals surface area contributed by atoms with E-state index in [9.17, 15) is 4.39 Å². The van der Waals surface area contributed by atoms with Crippen LogP contribution in [0.4, 0.5) is 15.8 Å². The molecule has 0 aliphatic carbocycles. The average molecular weight is 286 g/mol. The van der Waals surface area contributed by atoms with Crippen molar-refractivity contribution in [1.82, 2.24) is 9.88 Å². The number of fused-ring (bicyclic) bond motifs is 2. The van der Waals surface area contributed by atoms with E-state index in [1.807, 2.05) is 12.1 Å². The van der Waals surface area contributed by atoms with E-state index in [0.717, 1.165) is 18.4 Å². The highest BCUT2D eigenvalue weighted by molar-refractivity contribution is 5.98. The molecule has 0 bridgehead atoms. The molecule has 2 aliphatic heterocycles. The number of hydrogen-bond acceptors (Lipinski definition) is 4. The minimum atomic E-state index is -0.310. The van der Waals surface area contributed by atoms with Crippen LogP contribution in [0.1, 0.15) is 19.3 Å². The Labute approximate surface area is 123 Å². The summed E-state index contributed by atoms with van der Waals surface area (Å²) in [5.74, 6) is -0.310. The molecule has 4 rings (SSSR count). The van der Waals surface area contributed by atoms with E-state index < -0.39 is 0 Å². The third kappa shape index (κ3) is 2.03. The van der Waals surface area contributed by atoms with Gasteiger partial charge in [0.1, 0.15) is 0 Å². The molecule has 5 heteroatoms. The van der Waals surface area contributed by atoms with Gasteiger partial charge in [-0.1, -0.05) is 0 Å². The van der Waals surface area contributed by atoms with Crippen molar-refractivity contribution in [2.24, 2.45) is 0 Å². The number of halogens is 1. The quantitative estimate of drug-likeness (QED) is 0.833. The van der Waals surface area contributed by atoms with Crippen molar-refractivity contribution in [1.29, 1.82) is 0 Å². The van der Waals surface area contributed by atoms with E-state index in [0.29, 0.717) is 29.0 Å². The van der Waals surface area contributed by atoms with Gasteiger partial charge in [-0.2, -0.15) is 0 Å². The Balaban J connectivity index is 1.73. The van der Waals surface area contributed by atoms with Crippen LogP contribution < -0.4 is 11.1 Å². The Morgan fingerprint density at radius 1 is 1.33 bits per heavy atom. The largest absolute Gasteiger partial charge is 0.398 e. The van der Waals surface area contributed by atoms with Crippen molar-refractivity contribution in [3.63, 3.8) is 0 Å². The molecule has 4 nitrogen and oxygen atoms in total. The first kappa shape index (κ1) is 12.8. The van der Waals surface area contributed by atoms with Gasteiger partial charge in [0.2, 0.25) is 0 Å². The molecule has 21 heavy (non-hydrogen) atoms. The molecule has 0 amide bonds. The minimum absolute atomic E-state index is 0.302. The molecule has 110 valence electrons. The lowest BCUT2D eigenvalue weighted by Gasteiger charge is -2.23. The normalized spacial score (nSPS) is 25.4. The summed E-state index contributed by atoms with van der Waals surface area (Å²) in [5, 5.41) is 4.22. The van der Waals surface area contributed by atoms with Crippen LogP contribution in [0.2, 0.25) is 0 Å². The molecule has 1 aromatic heterocycles. The summed E-state index contributed by atoms with van der Waals surface area (Å²) in [6.45, 7) is 2.27. The van der Waals surface area contributed by atoms with Crippen molar-refractivity contribution in [2.75, 3.05) is 24.1 Å². The van der Waals surface area contributed by atoms with Crippen LogP contribution in [0.15, 0.2) is 24.4 Å². The Kier molecular flexibility index (Phi) is 2.96. The van der Waals surface area contributed by atoms with E-state index in [1.165, 1.54) is 25.5 Å². The summed E-state index contributed by atoms with van der Waals surface area (Å²) in [6, 6.07) is 5.94. The van der Waals surface area contributed by atoms with Gasteiger partial charge in [-0.15, -0.1) is 0 Å². The Bertz CT molecular complexity index is 687. The third-order valence-corrected chi connectivity index (χ3v) is 4.81. The zero-order chi connectivity index (χ0) is 14.4. The number of hydrogen-bond donors (Lipinski definition) is 2. The van der Waals surface area contributed by atoms with Crippen LogP contribution in [0.5, 0.6) is 0 Å². The zero-order valence-corrected chi connectivity index (χ0v) is 11.8. The van der Waals surface area contributed by atoms with Crippen molar-refractivity contribution in [3.05, 3.63) is 30.2 Å². The van der Waals surface area contributed by atoms with Crippen LogP contribution in [0.3, 0.4) is 0 Å². The fraction of sp³-hybridized carbons (Fsp3) is 0.438. The number of pyridine rings is 1. The third-order valence-electron chi connectivity index (χ3n) is 4.81. The van der Waals surface area contributed by atoms with Crippen LogP contribution in [-0.2, 0) is 0 Å². The summed E-state index contributed by atoms with van der Waals surface area (Å²) < 4.78 is 14.4. The second-order valence-corrected chi connectivity index (χ2v) is 6.01. The first-order valence-electron chi connectivity index (χ1n) is 7.57. The summed E-state index contributed by atoms with van der Waals surface area (Å²) in [4.78, 5) is 6.84. The maximum atomic E-state index is 14.4. The molecule has 3 heterocycles. The number of nitrogens with one attached hydrogen (secondary N) is 1. The van der Waals surface area contributed by atoms with Crippen LogP contribution in [0.25, 0.3) is 10.9 Å². The molecule has 0 saturated carbocycles. The maximum absolute atomic E-state index is 14.4. The zero-order valence-electron chi connectivity index (χ0n) is 11.8. The molecule has 2 saturated heterocycles. The maximum Gasteiger partial charge on any atom is 0.150 e. The van der Waals surface area contributed by atoms with Gasteiger partial charge in [0.25, 0.3) is 0 Å². The van der Waals surface area contributed by atoms with Crippen molar-refractivity contribution >= 4 is 22.3 Å². The number of nitrogens with two attached hydrogens (primary N) is 1. The average Bonchev–Trinajstić information content (AvgIpc) is 3.07. The highest BCUT2D eigenvalue weighted by Gasteiger charge is 2.37. The predicted molar refractivity (Wildman–Crippen MR) is 82.7 cm³/mol. The van der Waals surface area contributed by atoms with Crippen LogP contribution >= 0.6 is 0 Å². The van der Waals surface area contributed by atoms with Gasteiger partial charge in [-0.3, -0.25) is 9.88 Å². The molecular weight excluding hydrogens is 267 g/mol. The number of nitrogens with zero attached hydrogens (tertiary/aromatic N) is 2. The summed E-state index contributed by atoms with van der Waals surface area (Å²) in [5.41, 5.74) is 7.47. The van der Waals surface area contributed by atoms with Crippen molar-refractivity contribution in [3.8, 4) is 0 Å². The van der Waals surface area contributed by atoms with E-state index in [-0.39, 0.29) is 5.82 Å². The number of benzene rings is 1. The van der Waals surface area contributed by atoms with E-state index in [2.05, 4.69) is 15.2 Å². The number of nitrogen functional groups attached to an aromatic ring is 1. The van der Waals surface area contributed by atoms with Gasteiger partial charge >= 0.3 is 0 Å². The second kappa shape index (κ2) is 4.84. The molecule has 0 spiro atoms. The molecule has 2 atom stereocenters. The fourth-order valence-electron chi connectivity index (χ4n) is 3.81. The van der Waals surface area contributed by atoms with Gasteiger partial charge < -0.3 is 11.1 Å². The summed E-state index contributed by atoms with van der Waals surface area (Å²) in [6.07, 6.45) is 5.18. The molecule has 0 radical (unpaired) electrons. The number of anilines is 2. The van der Waals surface area contributed by atoms with Crippen molar-refractivity contribution < 1.29 is 4.39 Å². The first-order valence-corrected chi connectivity index (χ1v) is 7.57. The lowest BCUT2D eigenvalue weighted by molar-refractivity contribution is 0.318. The first-order chi connectivity index (χ1) is 10.2. The standard InChI is InChI=1S/C16H19FN4/c17-11-9-12(18)10-3-1-6-19-15(10)16(11)20-13-5-8-21-7-2-4-14(13)21/h1,3,6,9,13-14,20H,2,4-5,7-8,18H2. The molecule has 2 fully saturated rings. The van der Waals surface area contributed by atoms with Crippen LogP contribution in [0, 0.1) is 5.82 Å². The van der Waals surface area contributed by atoms with Gasteiger partial charge in [-0.05, 0) is 44.0 Å². The van der Waals surface area contributed by atoms with Gasteiger partial charge in [0, 0.05) is 35.9 Å². The second-order valence-electron chi connectivity index (χ2n) is 6.01. The Morgan fingerprint density at radius 2 is 2.24 bits per heavy atom. The topological polar surface area (TPSA) is 54.2 Å². The highest BCUT2D eigenvalue weighted by Crippen LogP contribution is 2.34. The number of aromatic nitrogens is 1. The lowest BCUT2D eigenvalue weighted by atomic mass is 10.0. The Hall–Kier alpha value is -1.88. The van der Waals surface area contributed by atoms with E-state index >= 15 is 0 Å². The molecular formula is C16H19FN4. The molecule has 2 aromatic rings. The van der Waals surface area contributed by atoms with E-state index in [1.54, 1.807) is 6.20 Å². The summed E-state index contributed by atoms with van der Waals surface area (Å²) in [7, 11) is 0. The minimum Gasteiger partial charge on any atom is -0.398 e. The predicted octanol–water partition coefficient (Wildman–Crippen LogP) is 2.60. The van der Waals surface area contributed by atoms with E-state index in [4.69, 9.17) is 5.73 Å². The van der Waals surface area contributed by atoms with Gasteiger partial charge in [-0.25, -0.2) is 4.39 Å². The number of rotatable bonds is 2. The summed E-state index contributed by atoms with van der Waals surface area (Å²) >= 11 is 0. The molecule has 2 unspecified atom stereocenters. The molecule has 2 aliphatic rings. The Morgan fingerprint density at radius 3 is 3.14 bits per heavy atom. The van der Waals surface area contributed by atoms with Gasteiger partial charge in [0.15, 0.2) is 5.82 Å². The monoisotopic (exact) mass is 286 g/mol. The van der Waals surface area contributed by atoms with Crippen LogP contribution in [-0.4, -0.2) is 35.1 Å².